The fraction of sp³-hybridized carbons (Fsp3) is 0.174. The zero-order valence-corrected chi connectivity index (χ0v) is 16.3. The summed E-state index contributed by atoms with van der Waals surface area (Å²) in [6, 6.07) is 16.9. The third-order valence-corrected chi connectivity index (χ3v) is 4.86. The molecule has 0 fully saturated rings. The van der Waals surface area contributed by atoms with Crippen molar-refractivity contribution < 1.29 is 28.1 Å². The van der Waals surface area contributed by atoms with Crippen LogP contribution in [0.2, 0.25) is 0 Å². The molecule has 0 aliphatic carbocycles. The van der Waals surface area contributed by atoms with Gasteiger partial charge >= 0.3 is 6.18 Å². The van der Waals surface area contributed by atoms with Gasteiger partial charge in [0, 0.05) is 36.0 Å². The number of alkyl halides is 3. The molecule has 2 aromatic carbocycles. The second-order valence-corrected chi connectivity index (χ2v) is 7.06. The van der Waals surface area contributed by atoms with Crippen molar-refractivity contribution in [3.63, 3.8) is 0 Å². The quantitative estimate of drug-likeness (QED) is 0.466. The van der Waals surface area contributed by atoms with E-state index >= 15 is 0 Å². The molecule has 4 rings (SSSR count). The fourth-order valence-corrected chi connectivity index (χ4v) is 3.35. The average Bonchev–Trinajstić information content (AvgIpc) is 3.12. The fourth-order valence-electron chi connectivity index (χ4n) is 3.35. The molecule has 2 N–H and O–H groups in total. The molecule has 4 aromatic rings. The Morgan fingerprint density at radius 3 is 2.39 bits per heavy atom. The molecular weight excluding hydrogens is 409 g/mol. The van der Waals surface area contributed by atoms with Crippen LogP contribution >= 0.6 is 0 Å². The lowest BCUT2D eigenvalue weighted by molar-refractivity contribution is -0.137. The third kappa shape index (κ3) is 4.55. The van der Waals surface area contributed by atoms with Crippen molar-refractivity contribution in [1.82, 2.24) is 9.55 Å². The van der Waals surface area contributed by atoms with E-state index in [1.165, 1.54) is 6.07 Å². The molecule has 0 aliphatic heterocycles. The van der Waals surface area contributed by atoms with E-state index in [4.69, 9.17) is 9.84 Å². The van der Waals surface area contributed by atoms with Gasteiger partial charge in [0.2, 0.25) is 5.88 Å². The van der Waals surface area contributed by atoms with Crippen molar-refractivity contribution in [1.29, 1.82) is 0 Å². The highest BCUT2D eigenvalue weighted by molar-refractivity contribution is 5.85. The number of para-hydroxylation sites is 1. The summed E-state index contributed by atoms with van der Waals surface area (Å²) in [5, 5.41) is 20.0. The van der Waals surface area contributed by atoms with Crippen molar-refractivity contribution in [2.75, 3.05) is 6.61 Å². The molecule has 1 atom stereocenters. The monoisotopic (exact) mass is 428 g/mol. The number of halogens is 3. The first-order chi connectivity index (χ1) is 14.8. The van der Waals surface area contributed by atoms with Gasteiger partial charge in [-0.3, -0.25) is 0 Å². The van der Waals surface area contributed by atoms with Gasteiger partial charge < -0.3 is 19.5 Å². The molecule has 0 saturated heterocycles. The summed E-state index contributed by atoms with van der Waals surface area (Å²) in [6.45, 7) is -0.316. The topological polar surface area (TPSA) is 67.5 Å². The second kappa shape index (κ2) is 8.41. The molecule has 1 unspecified atom stereocenters. The maximum absolute atomic E-state index is 12.6. The van der Waals surface area contributed by atoms with E-state index in [2.05, 4.69) is 4.98 Å². The number of benzene rings is 2. The summed E-state index contributed by atoms with van der Waals surface area (Å²) < 4.78 is 45.5. The molecule has 160 valence electrons. The van der Waals surface area contributed by atoms with E-state index in [1.807, 2.05) is 47.2 Å². The van der Waals surface area contributed by atoms with Crippen LogP contribution in [0.1, 0.15) is 11.1 Å². The van der Waals surface area contributed by atoms with Crippen LogP contribution in [0.15, 0.2) is 73.1 Å². The van der Waals surface area contributed by atoms with Crippen LogP contribution < -0.4 is 4.74 Å². The van der Waals surface area contributed by atoms with E-state index < -0.39 is 17.8 Å². The molecule has 2 aromatic heterocycles. The Morgan fingerprint density at radius 2 is 1.74 bits per heavy atom. The maximum atomic E-state index is 12.6. The molecule has 5 nitrogen and oxygen atoms in total. The number of ether oxygens (including phenoxy) is 1. The summed E-state index contributed by atoms with van der Waals surface area (Å²) in [5.74, 6) is 0.496. The molecular formula is C23H19F3N2O3. The Hall–Kier alpha value is -3.36. The Labute approximate surface area is 176 Å². The lowest BCUT2D eigenvalue weighted by Crippen LogP contribution is -2.14. The van der Waals surface area contributed by atoms with Gasteiger partial charge in [0.25, 0.3) is 0 Å². The molecule has 0 aliphatic rings. The lowest BCUT2D eigenvalue weighted by Gasteiger charge is -2.09. The zero-order chi connectivity index (χ0) is 22.0. The normalized spacial score (nSPS) is 12.8. The van der Waals surface area contributed by atoms with Crippen molar-refractivity contribution in [3.05, 3.63) is 84.2 Å². The van der Waals surface area contributed by atoms with Crippen molar-refractivity contribution in [3.8, 4) is 17.3 Å². The number of pyridine rings is 1. The third-order valence-electron chi connectivity index (χ3n) is 4.86. The van der Waals surface area contributed by atoms with Crippen LogP contribution in [0.3, 0.4) is 0 Å². The van der Waals surface area contributed by atoms with Crippen LogP contribution in [0.4, 0.5) is 13.2 Å². The van der Waals surface area contributed by atoms with Gasteiger partial charge in [-0.2, -0.15) is 13.2 Å². The summed E-state index contributed by atoms with van der Waals surface area (Å²) in [5.41, 5.74) is 1.86. The summed E-state index contributed by atoms with van der Waals surface area (Å²) in [6.07, 6.45) is -2.32. The van der Waals surface area contributed by atoms with Crippen LogP contribution in [-0.2, 0) is 12.6 Å². The Kier molecular flexibility index (Phi) is 5.67. The first kappa shape index (κ1) is 20.9. The molecule has 0 amide bonds. The first-order valence-electron chi connectivity index (χ1n) is 9.54. The Balaban J connectivity index is 1.58. The van der Waals surface area contributed by atoms with Crippen LogP contribution in [0.25, 0.3) is 16.6 Å². The second-order valence-electron chi connectivity index (χ2n) is 7.06. The molecule has 0 spiro atoms. The Morgan fingerprint density at radius 1 is 1.00 bits per heavy atom. The predicted molar refractivity (Wildman–Crippen MR) is 109 cm³/mol. The molecule has 8 heteroatoms. The van der Waals surface area contributed by atoms with Gasteiger partial charge in [-0.25, -0.2) is 4.98 Å². The summed E-state index contributed by atoms with van der Waals surface area (Å²) in [4.78, 5) is 3.71. The Bertz CT molecular complexity index is 1170. The molecule has 31 heavy (non-hydrogen) atoms. The van der Waals surface area contributed by atoms with Crippen LogP contribution in [-0.4, -0.2) is 32.5 Å². The highest BCUT2D eigenvalue weighted by Gasteiger charge is 2.30. The van der Waals surface area contributed by atoms with Gasteiger partial charge in [-0.1, -0.05) is 18.2 Å². The average molecular weight is 428 g/mol. The van der Waals surface area contributed by atoms with Gasteiger partial charge in [-0.05, 0) is 42.0 Å². The van der Waals surface area contributed by atoms with E-state index in [1.54, 1.807) is 12.1 Å². The number of hydrogen-bond acceptors (Lipinski definition) is 4. The summed E-state index contributed by atoms with van der Waals surface area (Å²) >= 11 is 0. The molecule has 0 bridgehead atoms. The number of rotatable bonds is 6. The number of aliphatic hydroxyl groups excluding tert-OH is 2. The van der Waals surface area contributed by atoms with Gasteiger partial charge in [0.1, 0.15) is 5.75 Å². The summed E-state index contributed by atoms with van der Waals surface area (Å²) in [7, 11) is 0. The van der Waals surface area contributed by atoms with E-state index in [0.717, 1.165) is 34.4 Å². The van der Waals surface area contributed by atoms with E-state index in [-0.39, 0.29) is 12.5 Å². The smallest absolute Gasteiger partial charge is 0.417 e. The number of hydrogen-bond donors (Lipinski definition) is 2. The number of nitrogens with zero attached hydrogens (tertiary/aromatic N) is 2. The molecule has 0 saturated carbocycles. The SMILES string of the molecule is OCC(O)Cc1cn(-c2ccc(Oc3ccc(C(F)(F)F)cn3)cc2)c2ccccc12. The lowest BCUT2D eigenvalue weighted by atomic mass is 10.1. The number of aromatic nitrogens is 2. The highest BCUT2D eigenvalue weighted by Crippen LogP contribution is 2.31. The standard InChI is InChI=1S/C23H19F3N2O3/c24-23(25,26)16-5-10-22(27-12-16)31-19-8-6-17(7-9-19)28-13-15(11-18(30)14-29)20-3-1-2-4-21(20)28/h1-10,12-13,18,29-30H,11,14H2. The number of fused-ring (bicyclic) bond motifs is 1. The molecule has 2 heterocycles. The van der Waals surface area contributed by atoms with Crippen molar-refractivity contribution in [2.24, 2.45) is 0 Å². The minimum Gasteiger partial charge on any atom is -0.439 e. The number of aliphatic hydroxyl groups is 2. The zero-order valence-electron chi connectivity index (χ0n) is 16.3. The van der Waals surface area contributed by atoms with Crippen molar-refractivity contribution in [2.45, 2.75) is 18.7 Å². The predicted octanol–water partition coefficient (Wildman–Crippen LogP) is 4.73. The minimum atomic E-state index is -4.45. The van der Waals surface area contributed by atoms with E-state index in [9.17, 15) is 18.3 Å². The van der Waals surface area contributed by atoms with Crippen LogP contribution in [0.5, 0.6) is 11.6 Å². The maximum Gasteiger partial charge on any atom is 0.417 e. The van der Waals surface area contributed by atoms with Gasteiger partial charge in [0.05, 0.1) is 23.8 Å². The highest BCUT2D eigenvalue weighted by atomic mass is 19.4. The first-order valence-corrected chi connectivity index (χ1v) is 9.54. The van der Waals surface area contributed by atoms with E-state index in [0.29, 0.717) is 12.2 Å². The van der Waals surface area contributed by atoms with Crippen LogP contribution in [0, 0.1) is 0 Å². The molecule has 0 radical (unpaired) electrons. The van der Waals surface area contributed by atoms with Gasteiger partial charge in [0.15, 0.2) is 0 Å². The largest absolute Gasteiger partial charge is 0.439 e. The van der Waals surface area contributed by atoms with Gasteiger partial charge in [-0.15, -0.1) is 0 Å². The van der Waals surface area contributed by atoms with Crippen molar-refractivity contribution >= 4 is 10.9 Å². The minimum absolute atomic E-state index is 0.0624.